The summed E-state index contributed by atoms with van der Waals surface area (Å²) < 4.78 is 10.3. The molecule has 0 amide bonds. The average molecular weight is 328 g/mol. The van der Waals surface area contributed by atoms with Crippen LogP contribution in [0.1, 0.15) is 33.5 Å². The van der Waals surface area contributed by atoms with Crippen LogP contribution in [0.15, 0.2) is 48.5 Å². The molecular formula is C17H14NO6-. The van der Waals surface area contributed by atoms with Crippen molar-refractivity contribution in [2.24, 2.45) is 0 Å². The summed E-state index contributed by atoms with van der Waals surface area (Å²) in [6.45, 7) is 0. The molecule has 1 aliphatic rings. The Kier molecular flexibility index (Phi) is 4.20. The van der Waals surface area contributed by atoms with Gasteiger partial charge in [-0.05, 0) is 29.3 Å². The molecule has 0 saturated carbocycles. The first-order valence-corrected chi connectivity index (χ1v) is 7.16. The molecule has 7 heteroatoms. The van der Waals surface area contributed by atoms with Gasteiger partial charge in [-0.3, -0.25) is 10.0 Å². The van der Waals surface area contributed by atoms with Crippen molar-refractivity contribution in [1.82, 2.24) is 0 Å². The third-order valence-corrected chi connectivity index (χ3v) is 3.95. The predicted octanol–water partition coefficient (Wildman–Crippen LogP) is 2.55. The van der Waals surface area contributed by atoms with Gasteiger partial charge in [0.05, 0.1) is 18.4 Å². The van der Waals surface area contributed by atoms with E-state index in [1.54, 1.807) is 24.3 Å². The number of hydrogen-bond acceptors (Lipinski definition) is 7. The molecule has 3 rings (SSSR count). The van der Waals surface area contributed by atoms with E-state index in [-0.39, 0.29) is 10.9 Å². The lowest BCUT2D eigenvalue weighted by Gasteiger charge is -2.31. The number of fused-ring (bicyclic) bond motifs is 1. The minimum absolute atomic E-state index is 0.0240. The highest BCUT2D eigenvalue weighted by atomic mass is 16.8. The summed E-state index contributed by atoms with van der Waals surface area (Å²) in [5, 5.41) is 19.5. The van der Waals surface area contributed by atoms with E-state index in [1.165, 1.54) is 31.4 Å². The molecule has 0 unspecified atom stereocenters. The van der Waals surface area contributed by atoms with Crippen LogP contribution in [0.5, 0.6) is 0 Å². The number of rotatable bonds is 3. The van der Waals surface area contributed by atoms with E-state index in [0.29, 0.717) is 16.7 Å². The Hall–Kier alpha value is -2.90. The van der Waals surface area contributed by atoms with Crippen LogP contribution < -0.4 is 5.23 Å². The Bertz CT molecular complexity index is 771. The number of carbonyl (C=O) groups excluding carboxylic acids is 2. The van der Waals surface area contributed by atoms with Crippen LogP contribution in [0.4, 0.5) is 5.69 Å². The zero-order chi connectivity index (χ0) is 17.3. The number of ether oxygens (including phenoxy) is 2. The Labute approximate surface area is 137 Å². The molecule has 1 aliphatic heterocycles. The number of carbonyl (C=O) groups is 2. The minimum Gasteiger partial charge on any atom is -0.733 e. The SMILES string of the molecule is COC(=O)[C@@H]1c2ccccc2C(=O)O[C@H]1c1ccc(N([O-])O)cc1. The number of anilines is 1. The molecule has 0 radical (unpaired) electrons. The summed E-state index contributed by atoms with van der Waals surface area (Å²) in [6.07, 6.45) is -0.882. The molecule has 1 N–H and O–H groups in total. The van der Waals surface area contributed by atoms with Crippen molar-refractivity contribution in [3.63, 3.8) is 0 Å². The van der Waals surface area contributed by atoms with Gasteiger partial charge in [-0.2, -0.15) is 0 Å². The summed E-state index contributed by atoms with van der Waals surface area (Å²) >= 11 is 0. The van der Waals surface area contributed by atoms with Crippen LogP contribution in [-0.2, 0) is 14.3 Å². The summed E-state index contributed by atoms with van der Waals surface area (Å²) in [5.74, 6) is -1.88. The van der Waals surface area contributed by atoms with Crippen molar-refractivity contribution in [1.29, 1.82) is 0 Å². The van der Waals surface area contributed by atoms with Gasteiger partial charge in [0.15, 0.2) is 0 Å². The fourth-order valence-electron chi connectivity index (χ4n) is 2.79. The van der Waals surface area contributed by atoms with Gasteiger partial charge in [-0.25, -0.2) is 4.79 Å². The maximum Gasteiger partial charge on any atom is 0.339 e. The Morgan fingerprint density at radius 2 is 1.88 bits per heavy atom. The topological polar surface area (TPSA) is 99.1 Å². The van der Waals surface area contributed by atoms with E-state index >= 15 is 0 Å². The smallest absolute Gasteiger partial charge is 0.339 e. The lowest BCUT2D eigenvalue weighted by atomic mass is 9.84. The quantitative estimate of drug-likeness (QED) is 0.682. The van der Waals surface area contributed by atoms with Crippen molar-refractivity contribution < 1.29 is 24.3 Å². The van der Waals surface area contributed by atoms with E-state index in [0.717, 1.165) is 0 Å². The highest BCUT2D eigenvalue weighted by Gasteiger charge is 2.41. The summed E-state index contributed by atoms with van der Waals surface area (Å²) in [7, 11) is 1.27. The Morgan fingerprint density at radius 1 is 1.21 bits per heavy atom. The van der Waals surface area contributed by atoms with Crippen molar-refractivity contribution >= 4 is 17.6 Å². The first-order chi connectivity index (χ1) is 11.5. The van der Waals surface area contributed by atoms with Gasteiger partial charge in [0.1, 0.15) is 12.0 Å². The second-order valence-corrected chi connectivity index (χ2v) is 5.28. The molecule has 0 saturated heterocycles. The number of esters is 2. The van der Waals surface area contributed by atoms with E-state index < -0.39 is 24.0 Å². The summed E-state index contributed by atoms with van der Waals surface area (Å²) in [5.41, 5.74) is 1.39. The maximum atomic E-state index is 12.3. The van der Waals surface area contributed by atoms with Crippen molar-refractivity contribution in [3.05, 3.63) is 70.4 Å². The molecule has 1 heterocycles. The van der Waals surface area contributed by atoms with Crippen LogP contribution >= 0.6 is 0 Å². The molecule has 0 bridgehead atoms. The van der Waals surface area contributed by atoms with E-state index in [1.807, 2.05) is 0 Å². The Balaban J connectivity index is 2.06. The number of benzene rings is 2. The number of hydrogen-bond donors (Lipinski definition) is 1. The van der Waals surface area contributed by atoms with Crippen molar-refractivity contribution in [2.45, 2.75) is 12.0 Å². The lowest BCUT2D eigenvalue weighted by molar-refractivity contribution is -0.146. The largest absolute Gasteiger partial charge is 0.733 e. The van der Waals surface area contributed by atoms with E-state index in [9.17, 15) is 14.8 Å². The molecule has 24 heavy (non-hydrogen) atoms. The van der Waals surface area contributed by atoms with Gasteiger partial charge in [0.2, 0.25) is 0 Å². The number of cyclic esters (lactones) is 1. The normalized spacial score (nSPS) is 19.2. The van der Waals surface area contributed by atoms with Gasteiger partial charge < -0.3 is 19.9 Å². The van der Waals surface area contributed by atoms with Crippen LogP contribution in [0, 0.1) is 5.21 Å². The fourth-order valence-corrected chi connectivity index (χ4v) is 2.79. The van der Waals surface area contributed by atoms with E-state index in [4.69, 9.17) is 14.7 Å². The molecular weight excluding hydrogens is 314 g/mol. The first kappa shape index (κ1) is 16.0. The molecule has 0 fully saturated rings. The Morgan fingerprint density at radius 3 is 2.50 bits per heavy atom. The van der Waals surface area contributed by atoms with Crippen LogP contribution in [-0.4, -0.2) is 24.3 Å². The monoisotopic (exact) mass is 328 g/mol. The van der Waals surface area contributed by atoms with Gasteiger partial charge in [0, 0.05) is 0 Å². The van der Waals surface area contributed by atoms with Crippen molar-refractivity contribution in [2.75, 3.05) is 12.3 Å². The summed E-state index contributed by atoms with van der Waals surface area (Å²) in [4.78, 5) is 24.5. The second-order valence-electron chi connectivity index (χ2n) is 5.28. The van der Waals surface area contributed by atoms with Gasteiger partial charge >= 0.3 is 11.9 Å². The average Bonchev–Trinajstić information content (AvgIpc) is 2.61. The second kappa shape index (κ2) is 6.31. The molecule has 2 aromatic carbocycles. The zero-order valence-corrected chi connectivity index (χ0v) is 12.7. The standard InChI is InChI=1S/C17H14NO6/c1-23-17(20)14-12-4-2-3-5-13(12)16(19)24-15(14)10-6-8-11(9-7-10)18(21)22/h2-9,14-15,21H,1H3/q-1/t14-,15+/m1/s1. The van der Waals surface area contributed by atoms with Gasteiger partial charge in [-0.1, -0.05) is 30.3 Å². The molecule has 2 aromatic rings. The predicted molar refractivity (Wildman–Crippen MR) is 83.4 cm³/mol. The third kappa shape index (κ3) is 2.70. The van der Waals surface area contributed by atoms with Crippen molar-refractivity contribution in [3.8, 4) is 0 Å². The third-order valence-electron chi connectivity index (χ3n) is 3.95. The van der Waals surface area contributed by atoms with E-state index in [2.05, 4.69) is 0 Å². The maximum absolute atomic E-state index is 12.3. The van der Waals surface area contributed by atoms with Crippen LogP contribution in [0.25, 0.3) is 0 Å². The van der Waals surface area contributed by atoms with Crippen LogP contribution in [0.3, 0.4) is 0 Å². The molecule has 0 aliphatic carbocycles. The highest BCUT2D eigenvalue weighted by Crippen LogP contribution is 2.41. The van der Waals surface area contributed by atoms with Gasteiger partial charge in [0.25, 0.3) is 0 Å². The lowest BCUT2D eigenvalue weighted by Crippen LogP contribution is -2.31. The summed E-state index contributed by atoms with van der Waals surface area (Å²) in [6, 6.07) is 12.5. The van der Waals surface area contributed by atoms with Gasteiger partial charge in [-0.15, -0.1) is 0 Å². The molecule has 124 valence electrons. The molecule has 0 aromatic heterocycles. The molecule has 2 atom stereocenters. The highest BCUT2D eigenvalue weighted by molar-refractivity contribution is 5.96. The first-order valence-electron chi connectivity index (χ1n) is 7.16. The fraction of sp³-hybridized carbons (Fsp3) is 0.176. The number of methoxy groups -OCH3 is 1. The molecule has 0 spiro atoms. The van der Waals surface area contributed by atoms with Crippen LogP contribution in [0.2, 0.25) is 0 Å². The molecule has 7 nitrogen and oxygen atoms in total. The zero-order valence-electron chi connectivity index (χ0n) is 12.7. The number of nitrogens with zero attached hydrogens (tertiary/aromatic N) is 1. The minimum atomic E-state index is -0.882.